The van der Waals surface area contributed by atoms with E-state index in [0.717, 1.165) is 31.7 Å². The van der Waals surface area contributed by atoms with Gasteiger partial charge < -0.3 is 15.5 Å². The van der Waals surface area contributed by atoms with Gasteiger partial charge >= 0.3 is 0 Å². The van der Waals surface area contributed by atoms with Crippen LogP contribution in [0, 0.1) is 5.92 Å². The minimum Gasteiger partial charge on any atom is -0.356 e. The molecule has 3 heterocycles. The van der Waals surface area contributed by atoms with Crippen LogP contribution in [0.1, 0.15) is 19.8 Å². The van der Waals surface area contributed by atoms with Crippen LogP contribution in [-0.2, 0) is 9.59 Å². The molecule has 2 aromatic heterocycles. The quantitative estimate of drug-likeness (QED) is 0.664. The molecule has 0 aliphatic carbocycles. The van der Waals surface area contributed by atoms with Crippen LogP contribution in [0.25, 0.3) is 5.82 Å². The fraction of sp³-hybridized carbons (Fsp3) is 0.300. The molecule has 30 heavy (non-hydrogen) atoms. The van der Waals surface area contributed by atoms with Gasteiger partial charge in [0.05, 0.1) is 0 Å². The van der Waals surface area contributed by atoms with Crippen LogP contribution in [0.2, 0.25) is 0 Å². The standard InChI is InChI=1S/C20H22N8O2/c1-14(29)25-16-3-2-4-17(9-16)26-20(30)15-5-7-27(8-6-15)18-10-19(23-12-22-18)28-13-21-11-24-28/h2-4,9-13,15H,5-8H2,1H3,(H,25,29)(H,26,30). The maximum Gasteiger partial charge on any atom is 0.227 e. The molecule has 0 saturated carbocycles. The van der Waals surface area contributed by atoms with Crippen molar-refractivity contribution in [3.05, 3.63) is 49.3 Å². The van der Waals surface area contributed by atoms with Crippen LogP contribution in [0.3, 0.4) is 0 Å². The van der Waals surface area contributed by atoms with Gasteiger partial charge in [-0.3, -0.25) is 9.59 Å². The molecule has 0 spiro atoms. The SMILES string of the molecule is CC(=O)Nc1cccc(NC(=O)C2CCN(c3cc(-n4cncn4)ncn3)CC2)c1. The molecule has 2 amide bonds. The highest BCUT2D eigenvalue weighted by atomic mass is 16.2. The average molecular weight is 406 g/mol. The van der Waals surface area contributed by atoms with Gasteiger partial charge in [-0.2, -0.15) is 5.10 Å². The second-order valence-electron chi connectivity index (χ2n) is 7.09. The number of benzene rings is 1. The molecule has 4 rings (SSSR count). The molecule has 154 valence electrons. The molecule has 1 aliphatic rings. The topological polar surface area (TPSA) is 118 Å². The number of amides is 2. The number of hydrogen-bond acceptors (Lipinski definition) is 7. The number of nitrogens with zero attached hydrogens (tertiary/aromatic N) is 6. The molecule has 0 unspecified atom stereocenters. The molecule has 0 radical (unpaired) electrons. The first-order chi connectivity index (χ1) is 14.6. The van der Waals surface area contributed by atoms with E-state index in [1.165, 1.54) is 19.6 Å². The highest BCUT2D eigenvalue weighted by Gasteiger charge is 2.26. The average Bonchev–Trinajstić information content (AvgIpc) is 3.29. The molecule has 0 bridgehead atoms. The van der Waals surface area contributed by atoms with Crippen LogP contribution >= 0.6 is 0 Å². The third-order valence-electron chi connectivity index (χ3n) is 4.93. The van der Waals surface area contributed by atoms with Gasteiger partial charge in [-0.25, -0.2) is 19.6 Å². The summed E-state index contributed by atoms with van der Waals surface area (Å²) in [4.78, 5) is 38.6. The van der Waals surface area contributed by atoms with E-state index in [1.807, 2.05) is 12.1 Å². The van der Waals surface area contributed by atoms with Crippen molar-refractivity contribution < 1.29 is 9.59 Å². The van der Waals surface area contributed by atoms with Gasteiger partial charge in [-0.15, -0.1) is 0 Å². The van der Waals surface area contributed by atoms with Crippen LogP contribution < -0.4 is 15.5 Å². The minimum atomic E-state index is -0.150. The molecular formula is C20H22N8O2. The summed E-state index contributed by atoms with van der Waals surface area (Å²) in [6, 6.07) is 9.00. The Hall–Kier alpha value is -3.82. The number of anilines is 3. The number of aromatic nitrogens is 5. The van der Waals surface area contributed by atoms with Gasteiger partial charge in [0, 0.05) is 43.4 Å². The maximum atomic E-state index is 12.7. The van der Waals surface area contributed by atoms with Crippen molar-refractivity contribution in [1.29, 1.82) is 0 Å². The highest BCUT2D eigenvalue weighted by molar-refractivity contribution is 5.94. The Balaban J connectivity index is 1.35. The lowest BCUT2D eigenvalue weighted by Gasteiger charge is -2.32. The van der Waals surface area contributed by atoms with Crippen molar-refractivity contribution in [2.45, 2.75) is 19.8 Å². The molecule has 2 N–H and O–H groups in total. The predicted octanol–water partition coefficient (Wildman–Crippen LogP) is 1.87. The molecule has 1 saturated heterocycles. The Bertz CT molecular complexity index is 1030. The summed E-state index contributed by atoms with van der Waals surface area (Å²) in [5, 5.41) is 9.76. The third kappa shape index (κ3) is 4.59. The van der Waals surface area contributed by atoms with E-state index in [4.69, 9.17) is 0 Å². The number of piperidine rings is 1. The molecule has 1 aliphatic heterocycles. The second-order valence-corrected chi connectivity index (χ2v) is 7.09. The Morgan fingerprint density at radius 3 is 2.43 bits per heavy atom. The fourth-order valence-electron chi connectivity index (χ4n) is 3.46. The first kappa shape index (κ1) is 19.5. The summed E-state index contributed by atoms with van der Waals surface area (Å²) >= 11 is 0. The van der Waals surface area contributed by atoms with Gasteiger partial charge in [0.25, 0.3) is 0 Å². The van der Waals surface area contributed by atoms with Crippen LogP contribution in [0.4, 0.5) is 17.2 Å². The van der Waals surface area contributed by atoms with Gasteiger partial charge in [0.15, 0.2) is 5.82 Å². The van der Waals surface area contributed by atoms with Crippen molar-refractivity contribution >= 4 is 29.0 Å². The van der Waals surface area contributed by atoms with E-state index in [-0.39, 0.29) is 17.7 Å². The second kappa shape index (κ2) is 8.68. The monoisotopic (exact) mass is 406 g/mol. The molecule has 3 aromatic rings. The Morgan fingerprint density at radius 2 is 1.73 bits per heavy atom. The van der Waals surface area contributed by atoms with E-state index in [2.05, 4.69) is 35.6 Å². The summed E-state index contributed by atoms with van der Waals surface area (Å²) in [7, 11) is 0. The van der Waals surface area contributed by atoms with Gasteiger partial charge in [-0.05, 0) is 31.0 Å². The summed E-state index contributed by atoms with van der Waals surface area (Å²) in [6.45, 7) is 2.89. The zero-order chi connectivity index (χ0) is 20.9. The van der Waals surface area contributed by atoms with Crippen LogP contribution in [0.15, 0.2) is 49.3 Å². The van der Waals surface area contributed by atoms with E-state index in [0.29, 0.717) is 17.2 Å². The molecule has 10 nitrogen and oxygen atoms in total. The summed E-state index contributed by atoms with van der Waals surface area (Å²) in [5.41, 5.74) is 1.32. The van der Waals surface area contributed by atoms with Crippen molar-refractivity contribution in [3.8, 4) is 5.82 Å². The first-order valence-electron chi connectivity index (χ1n) is 9.69. The summed E-state index contributed by atoms with van der Waals surface area (Å²) in [6.07, 6.45) is 5.99. The maximum absolute atomic E-state index is 12.7. The molecule has 1 aromatic carbocycles. The fourth-order valence-corrected chi connectivity index (χ4v) is 3.46. The molecule has 1 fully saturated rings. The van der Waals surface area contributed by atoms with E-state index < -0.39 is 0 Å². The van der Waals surface area contributed by atoms with E-state index >= 15 is 0 Å². The lowest BCUT2D eigenvalue weighted by Crippen LogP contribution is -2.38. The Labute approximate surface area is 173 Å². The number of hydrogen-bond donors (Lipinski definition) is 2. The van der Waals surface area contributed by atoms with E-state index in [9.17, 15) is 9.59 Å². The normalized spacial score (nSPS) is 14.4. The van der Waals surface area contributed by atoms with Crippen molar-refractivity contribution in [1.82, 2.24) is 24.7 Å². The van der Waals surface area contributed by atoms with Gasteiger partial charge in [-0.1, -0.05) is 6.07 Å². The number of rotatable bonds is 5. The van der Waals surface area contributed by atoms with Crippen LogP contribution in [0.5, 0.6) is 0 Å². The minimum absolute atomic E-state index is 0.0133. The predicted molar refractivity (Wildman–Crippen MR) is 111 cm³/mol. The van der Waals surface area contributed by atoms with Crippen molar-refractivity contribution in [3.63, 3.8) is 0 Å². The lowest BCUT2D eigenvalue weighted by atomic mass is 9.95. The number of carbonyl (C=O) groups is 2. The van der Waals surface area contributed by atoms with E-state index in [1.54, 1.807) is 29.2 Å². The zero-order valence-corrected chi connectivity index (χ0v) is 16.5. The lowest BCUT2D eigenvalue weighted by molar-refractivity contribution is -0.120. The molecule has 10 heteroatoms. The highest BCUT2D eigenvalue weighted by Crippen LogP contribution is 2.24. The number of carbonyl (C=O) groups excluding carboxylic acids is 2. The van der Waals surface area contributed by atoms with Crippen LogP contribution in [-0.4, -0.2) is 49.6 Å². The van der Waals surface area contributed by atoms with Crippen molar-refractivity contribution in [2.24, 2.45) is 5.92 Å². The van der Waals surface area contributed by atoms with Gasteiger partial charge in [0.1, 0.15) is 24.8 Å². The van der Waals surface area contributed by atoms with Gasteiger partial charge in [0.2, 0.25) is 11.8 Å². The van der Waals surface area contributed by atoms with Crippen molar-refractivity contribution in [2.75, 3.05) is 28.6 Å². The number of nitrogens with one attached hydrogen (secondary N) is 2. The zero-order valence-electron chi connectivity index (χ0n) is 16.5. The first-order valence-corrected chi connectivity index (χ1v) is 9.69. The third-order valence-corrected chi connectivity index (χ3v) is 4.93. The molecule has 0 atom stereocenters. The Kier molecular flexibility index (Phi) is 5.64. The summed E-state index contributed by atoms with van der Waals surface area (Å²) < 4.78 is 1.58. The summed E-state index contributed by atoms with van der Waals surface area (Å²) in [5.74, 6) is 1.21. The largest absolute Gasteiger partial charge is 0.356 e. The molecular weight excluding hydrogens is 384 g/mol. The smallest absolute Gasteiger partial charge is 0.227 e. The Morgan fingerprint density at radius 1 is 1.00 bits per heavy atom.